The predicted molar refractivity (Wildman–Crippen MR) is 85.7 cm³/mol. The highest BCUT2D eigenvalue weighted by molar-refractivity contribution is 7.71. The van der Waals surface area contributed by atoms with Crippen molar-refractivity contribution in [2.75, 3.05) is 5.73 Å². The second-order valence-corrected chi connectivity index (χ2v) is 4.79. The van der Waals surface area contributed by atoms with Crippen molar-refractivity contribution in [3.8, 4) is 0 Å². The number of aliphatic imine (C=N–C) groups is 1. The Labute approximate surface area is 124 Å². The number of hydrogen-bond donors (Lipinski definition) is 3. The zero-order valence-corrected chi connectivity index (χ0v) is 11.6. The summed E-state index contributed by atoms with van der Waals surface area (Å²) in [5.74, 6) is 0.133. The number of rotatable bonds is 2. The molecule has 0 amide bonds. The molecule has 7 heteroatoms. The number of benzene rings is 1. The molecule has 104 valence electrons. The molecule has 0 saturated carbocycles. The van der Waals surface area contributed by atoms with E-state index in [2.05, 4.69) is 19.9 Å². The Morgan fingerprint density at radius 2 is 2.05 bits per heavy atom. The number of pyridine rings is 1. The largest absolute Gasteiger partial charge is 0.383 e. The molecule has 0 radical (unpaired) electrons. The van der Waals surface area contributed by atoms with Gasteiger partial charge in [-0.15, -0.1) is 0 Å². The third-order valence-corrected chi connectivity index (χ3v) is 3.18. The van der Waals surface area contributed by atoms with Crippen LogP contribution in [-0.4, -0.2) is 21.2 Å². The lowest BCUT2D eigenvalue weighted by Crippen LogP contribution is -2.10. The fraction of sp³-hybridized carbons (Fsp3) is 0. The van der Waals surface area contributed by atoms with Gasteiger partial charge in [-0.05, 0) is 17.6 Å². The van der Waals surface area contributed by atoms with Gasteiger partial charge in [0.2, 0.25) is 0 Å². The Bertz CT molecular complexity index is 952. The number of nitrogens with one attached hydrogen (secondary N) is 2. The van der Waals surface area contributed by atoms with Crippen LogP contribution in [0.3, 0.4) is 0 Å². The Balaban J connectivity index is 2.11. The zero-order valence-electron chi connectivity index (χ0n) is 10.8. The second-order valence-electron chi connectivity index (χ2n) is 4.38. The summed E-state index contributed by atoms with van der Waals surface area (Å²) in [5, 5.41) is 1.99. The number of H-pyrrole nitrogens is 2. The number of fused-ring (bicyclic) bond motifs is 1. The first-order valence-corrected chi connectivity index (χ1v) is 6.55. The number of nitrogens with zero attached hydrogens (tertiary/aromatic N) is 2. The average molecular weight is 297 g/mol. The molecule has 0 spiro atoms. The normalized spacial score (nSPS) is 11.2. The van der Waals surface area contributed by atoms with E-state index in [1.165, 1.54) is 0 Å². The molecule has 0 saturated heterocycles. The quantitative estimate of drug-likeness (QED) is 0.499. The molecule has 0 aliphatic rings. The van der Waals surface area contributed by atoms with Crippen LogP contribution in [-0.2, 0) is 0 Å². The highest BCUT2D eigenvalue weighted by Crippen LogP contribution is 2.17. The van der Waals surface area contributed by atoms with E-state index in [9.17, 15) is 4.79 Å². The maximum atomic E-state index is 11.8. The Morgan fingerprint density at radius 3 is 2.86 bits per heavy atom. The van der Waals surface area contributed by atoms with E-state index in [4.69, 9.17) is 18.0 Å². The van der Waals surface area contributed by atoms with Gasteiger partial charge in [-0.25, -0.2) is 4.99 Å². The van der Waals surface area contributed by atoms with E-state index in [0.29, 0.717) is 0 Å². The minimum absolute atomic E-state index is 0.0940. The smallest absolute Gasteiger partial charge is 0.279 e. The third kappa shape index (κ3) is 2.59. The molecule has 0 aliphatic heterocycles. The lowest BCUT2D eigenvalue weighted by molar-refractivity contribution is 1.09. The van der Waals surface area contributed by atoms with Gasteiger partial charge in [0.05, 0.1) is 0 Å². The van der Waals surface area contributed by atoms with Gasteiger partial charge in [0.1, 0.15) is 5.82 Å². The lowest BCUT2D eigenvalue weighted by Gasteiger charge is -2.01. The molecule has 1 aromatic carbocycles. The van der Waals surface area contributed by atoms with Gasteiger partial charge in [-0.3, -0.25) is 14.8 Å². The van der Waals surface area contributed by atoms with Crippen molar-refractivity contribution >= 4 is 40.7 Å². The molecule has 0 aliphatic carbocycles. The van der Waals surface area contributed by atoms with E-state index in [-0.39, 0.29) is 16.3 Å². The van der Waals surface area contributed by atoms with Gasteiger partial charge in [0, 0.05) is 29.6 Å². The van der Waals surface area contributed by atoms with Crippen molar-refractivity contribution in [1.82, 2.24) is 15.0 Å². The van der Waals surface area contributed by atoms with E-state index < -0.39 is 5.56 Å². The highest BCUT2D eigenvalue weighted by Gasteiger charge is 2.04. The summed E-state index contributed by atoms with van der Waals surface area (Å²) in [6.45, 7) is 0. The van der Waals surface area contributed by atoms with Crippen molar-refractivity contribution in [2.24, 2.45) is 4.99 Å². The number of aromatic amines is 2. The minimum Gasteiger partial charge on any atom is -0.383 e. The van der Waals surface area contributed by atoms with Crippen LogP contribution in [0.5, 0.6) is 0 Å². The molecular weight excluding hydrogens is 286 g/mol. The van der Waals surface area contributed by atoms with E-state index >= 15 is 0 Å². The molecule has 2 aromatic heterocycles. The molecule has 3 rings (SSSR count). The molecule has 3 aromatic rings. The van der Waals surface area contributed by atoms with Gasteiger partial charge < -0.3 is 10.7 Å². The zero-order chi connectivity index (χ0) is 14.8. The molecule has 0 bridgehead atoms. The Hall–Kier alpha value is -2.80. The first-order valence-electron chi connectivity index (χ1n) is 6.14. The van der Waals surface area contributed by atoms with Crippen LogP contribution >= 0.6 is 12.2 Å². The number of nitrogens with two attached hydrogens (primary N) is 1. The summed E-state index contributed by atoms with van der Waals surface area (Å²) < 4.78 is 0.170. The van der Waals surface area contributed by atoms with E-state index in [0.717, 1.165) is 16.3 Å². The maximum absolute atomic E-state index is 11.8. The summed E-state index contributed by atoms with van der Waals surface area (Å²) in [5.41, 5.74) is 6.19. The Morgan fingerprint density at radius 1 is 1.24 bits per heavy atom. The molecular formula is C14H11N5OS. The van der Waals surface area contributed by atoms with Crippen LogP contribution in [0.4, 0.5) is 11.5 Å². The van der Waals surface area contributed by atoms with Gasteiger partial charge in [-0.1, -0.05) is 24.3 Å². The summed E-state index contributed by atoms with van der Waals surface area (Å²) in [4.78, 5) is 25.2. The van der Waals surface area contributed by atoms with Crippen LogP contribution in [0.15, 0.2) is 46.4 Å². The van der Waals surface area contributed by atoms with E-state index in [1.807, 2.05) is 24.3 Å². The number of aromatic nitrogens is 3. The molecule has 0 fully saturated rings. The average Bonchev–Trinajstić information content (AvgIpc) is 2.46. The molecule has 4 N–H and O–H groups in total. The van der Waals surface area contributed by atoms with Crippen molar-refractivity contribution in [3.63, 3.8) is 0 Å². The van der Waals surface area contributed by atoms with Crippen molar-refractivity contribution < 1.29 is 0 Å². The van der Waals surface area contributed by atoms with Crippen LogP contribution in [0.2, 0.25) is 0 Å². The molecule has 21 heavy (non-hydrogen) atoms. The lowest BCUT2D eigenvalue weighted by atomic mass is 10.1. The number of hydrogen-bond acceptors (Lipinski definition) is 5. The topological polar surface area (TPSA) is 99.9 Å². The number of anilines is 1. The second kappa shape index (κ2) is 5.29. The third-order valence-electron chi connectivity index (χ3n) is 2.98. The summed E-state index contributed by atoms with van der Waals surface area (Å²) in [6.07, 6.45) is 5.02. The van der Waals surface area contributed by atoms with Crippen molar-refractivity contribution in [2.45, 2.75) is 0 Å². The van der Waals surface area contributed by atoms with Gasteiger partial charge in [-0.2, -0.15) is 0 Å². The highest BCUT2D eigenvalue weighted by atomic mass is 32.1. The first-order chi connectivity index (χ1) is 10.1. The minimum atomic E-state index is -0.430. The van der Waals surface area contributed by atoms with Crippen LogP contribution in [0, 0.1) is 4.77 Å². The van der Waals surface area contributed by atoms with E-state index in [1.54, 1.807) is 18.6 Å². The first kappa shape index (κ1) is 13.2. The number of nitrogen functional groups attached to an aromatic ring is 1. The summed E-state index contributed by atoms with van der Waals surface area (Å²) in [7, 11) is 0. The van der Waals surface area contributed by atoms with Crippen molar-refractivity contribution in [3.05, 3.63) is 57.3 Å². The predicted octanol–water partition coefficient (Wildman–Crippen LogP) is 2.31. The fourth-order valence-corrected chi connectivity index (χ4v) is 2.21. The molecule has 0 atom stereocenters. The SMILES string of the molecule is Nc1[nH]c(=S)[nH]c(=O)c1N=Cc1cncc2ccccc12. The molecule has 2 heterocycles. The van der Waals surface area contributed by atoms with Crippen molar-refractivity contribution in [1.29, 1.82) is 0 Å². The maximum Gasteiger partial charge on any atom is 0.279 e. The molecule has 6 nitrogen and oxygen atoms in total. The van der Waals surface area contributed by atoms with Gasteiger partial charge in [0.25, 0.3) is 5.56 Å². The van der Waals surface area contributed by atoms with Gasteiger partial charge >= 0.3 is 0 Å². The summed E-state index contributed by atoms with van der Waals surface area (Å²) in [6, 6.07) is 7.79. The molecule has 0 unspecified atom stereocenters. The Kier molecular flexibility index (Phi) is 3.33. The van der Waals surface area contributed by atoms with Crippen LogP contribution in [0.25, 0.3) is 10.8 Å². The van der Waals surface area contributed by atoms with Gasteiger partial charge in [0.15, 0.2) is 10.5 Å². The fourth-order valence-electron chi connectivity index (χ4n) is 2.00. The van der Waals surface area contributed by atoms with Crippen LogP contribution < -0.4 is 11.3 Å². The monoisotopic (exact) mass is 297 g/mol. The summed E-state index contributed by atoms with van der Waals surface area (Å²) >= 11 is 4.83. The van der Waals surface area contributed by atoms with Crippen LogP contribution in [0.1, 0.15) is 5.56 Å². The standard InChI is InChI=1S/C14H11N5OS/c15-12-11(13(20)19-14(21)18-12)17-7-9-6-16-5-8-3-1-2-4-10(8)9/h1-7H,(H4,15,18,19,20,21).